The van der Waals surface area contributed by atoms with Crippen LogP contribution in [0.2, 0.25) is 0 Å². The lowest BCUT2D eigenvalue weighted by Crippen LogP contribution is -2.41. The number of nitrogens with two attached hydrogens (primary N) is 1. The molecule has 1 saturated heterocycles. The third kappa shape index (κ3) is 2.18. The van der Waals surface area contributed by atoms with Gasteiger partial charge in [-0.15, -0.1) is 0 Å². The van der Waals surface area contributed by atoms with Crippen LogP contribution in [0, 0.1) is 6.92 Å². The predicted molar refractivity (Wildman–Crippen MR) is 81.1 cm³/mol. The van der Waals surface area contributed by atoms with E-state index < -0.39 is 0 Å². The fraction of sp³-hybridized carbons (Fsp3) is 0.467. The van der Waals surface area contributed by atoms with Crippen molar-refractivity contribution >= 4 is 22.7 Å². The third-order valence-corrected chi connectivity index (χ3v) is 5.66. The monoisotopic (exact) mass is 276 g/mol. The number of rotatable bonds is 3. The summed E-state index contributed by atoms with van der Waals surface area (Å²) in [5.41, 5.74) is 5.11. The first kappa shape index (κ1) is 13.0. The van der Waals surface area contributed by atoms with Crippen molar-refractivity contribution in [1.29, 1.82) is 0 Å². The molecule has 0 aliphatic carbocycles. The summed E-state index contributed by atoms with van der Waals surface area (Å²) in [7, 11) is 0. The zero-order chi connectivity index (χ0) is 13.5. The molecule has 0 saturated carbocycles. The van der Waals surface area contributed by atoms with Crippen LogP contribution in [0.4, 0.5) is 0 Å². The van der Waals surface area contributed by atoms with Gasteiger partial charge in [-0.1, -0.05) is 18.2 Å². The summed E-state index contributed by atoms with van der Waals surface area (Å²) in [6.45, 7) is 4.35. The van der Waals surface area contributed by atoms with Crippen LogP contribution in [-0.2, 0) is 0 Å². The predicted octanol–water partition coefficient (Wildman–Crippen LogP) is 3.53. The van der Waals surface area contributed by atoms with Gasteiger partial charge in [0.15, 0.2) is 0 Å². The zero-order valence-electron chi connectivity index (χ0n) is 11.4. The van der Waals surface area contributed by atoms with E-state index in [0.29, 0.717) is 0 Å². The molecular weight excluding hydrogens is 256 g/mol. The topological polar surface area (TPSA) is 51.2 Å². The quantitative estimate of drug-likeness (QED) is 0.665. The highest BCUT2D eigenvalue weighted by atomic mass is 32.2. The van der Waals surface area contributed by atoms with E-state index in [1.54, 1.807) is 0 Å². The molecule has 2 unspecified atom stereocenters. The maximum absolute atomic E-state index is 6.07. The number of thioether (sulfide) groups is 1. The number of fused-ring (bicyclic) bond motifs is 1. The third-order valence-electron chi connectivity index (χ3n) is 4.07. The zero-order valence-corrected chi connectivity index (χ0v) is 12.2. The molecule has 0 radical (unpaired) electrons. The van der Waals surface area contributed by atoms with Gasteiger partial charge in [-0.3, -0.25) is 5.84 Å². The van der Waals surface area contributed by atoms with Gasteiger partial charge < -0.3 is 4.42 Å². The number of aryl methyl sites for hydroxylation is 1. The Balaban J connectivity index is 2.04. The number of hydrogen-bond donors (Lipinski definition) is 2. The van der Waals surface area contributed by atoms with Gasteiger partial charge in [0.05, 0.1) is 6.04 Å². The lowest BCUT2D eigenvalue weighted by molar-refractivity contribution is 0.359. The molecule has 0 amide bonds. The molecule has 2 aromatic rings. The Morgan fingerprint density at radius 2 is 2.32 bits per heavy atom. The minimum atomic E-state index is 0.0619. The van der Waals surface area contributed by atoms with Crippen LogP contribution in [0.3, 0.4) is 0 Å². The summed E-state index contributed by atoms with van der Waals surface area (Å²) in [4.78, 5) is 0. The Hall–Kier alpha value is -0.970. The SMILES string of the molecule is Cc1cccc2cc(C(NN)C3(C)CCCS3)oc12. The smallest absolute Gasteiger partial charge is 0.137 e. The first-order valence-corrected chi connectivity index (χ1v) is 7.72. The van der Waals surface area contributed by atoms with Gasteiger partial charge >= 0.3 is 0 Å². The second-order valence-corrected chi connectivity index (χ2v) is 7.14. The minimum Gasteiger partial charge on any atom is -0.459 e. The number of nitrogens with one attached hydrogen (secondary N) is 1. The van der Waals surface area contributed by atoms with Gasteiger partial charge in [0.2, 0.25) is 0 Å². The van der Waals surface area contributed by atoms with Crippen LogP contribution >= 0.6 is 11.8 Å². The summed E-state index contributed by atoms with van der Waals surface area (Å²) in [6.07, 6.45) is 2.42. The van der Waals surface area contributed by atoms with Crippen molar-refractivity contribution in [2.75, 3.05) is 5.75 Å². The Labute approximate surface area is 117 Å². The normalized spacial score (nSPS) is 25.0. The van der Waals surface area contributed by atoms with Crippen LogP contribution in [0.1, 0.15) is 37.1 Å². The molecule has 0 bridgehead atoms. The van der Waals surface area contributed by atoms with Gasteiger partial charge in [-0.2, -0.15) is 11.8 Å². The van der Waals surface area contributed by atoms with Crippen LogP contribution < -0.4 is 11.3 Å². The molecule has 4 heteroatoms. The van der Waals surface area contributed by atoms with E-state index >= 15 is 0 Å². The highest BCUT2D eigenvalue weighted by molar-refractivity contribution is 8.00. The number of para-hydroxylation sites is 1. The van der Waals surface area contributed by atoms with Crippen LogP contribution in [0.25, 0.3) is 11.0 Å². The summed E-state index contributed by atoms with van der Waals surface area (Å²) < 4.78 is 6.20. The summed E-state index contributed by atoms with van der Waals surface area (Å²) in [5.74, 6) is 7.96. The van der Waals surface area contributed by atoms with Crippen molar-refractivity contribution in [2.24, 2.45) is 5.84 Å². The highest BCUT2D eigenvalue weighted by Crippen LogP contribution is 2.47. The molecule has 1 fully saturated rings. The van der Waals surface area contributed by atoms with Crippen LogP contribution in [0.15, 0.2) is 28.7 Å². The molecule has 1 aromatic carbocycles. The van der Waals surface area contributed by atoms with Crippen molar-refractivity contribution in [2.45, 2.75) is 37.5 Å². The molecule has 19 heavy (non-hydrogen) atoms. The molecule has 3 nitrogen and oxygen atoms in total. The maximum atomic E-state index is 6.07. The summed E-state index contributed by atoms with van der Waals surface area (Å²) in [6, 6.07) is 8.41. The van der Waals surface area contributed by atoms with Gasteiger partial charge in [-0.05, 0) is 44.1 Å². The molecule has 1 aliphatic rings. The van der Waals surface area contributed by atoms with E-state index in [2.05, 4.69) is 43.5 Å². The summed E-state index contributed by atoms with van der Waals surface area (Å²) >= 11 is 1.98. The maximum Gasteiger partial charge on any atom is 0.137 e. The molecule has 102 valence electrons. The second kappa shape index (κ2) is 4.85. The van der Waals surface area contributed by atoms with Gasteiger partial charge in [0.1, 0.15) is 11.3 Å². The Morgan fingerprint density at radius 3 is 2.95 bits per heavy atom. The van der Waals surface area contributed by atoms with E-state index in [1.165, 1.54) is 24.2 Å². The van der Waals surface area contributed by atoms with Crippen molar-refractivity contribution in [3.8, 4) is 0 Å². The van der Waals surface area contributed by atoms with Crippen molar-refractivity contribution < 1.29 is 4.42 Å². The van der Waals surface area contributed by atoms with E-state index in [0.717, 1.165) is 16.7 Å². The van der Waals surface area contributed by atoms with Gasteiger partial charge in [0, 0.05) is 10.1 Å². The van der Waals surface area contributed by atoms with Crippen LogP contribution in [-0.4, -0.2) is 10.5 Å². The lowest BCUT2D eigenvalue weighted by Gasteiger charge is -2.31. The first-order valence-electron chi connectivity index (χ1n) is 6.73. The molecular formula is C15H20N2OS. The molecule has 3 rings (SSSR count). The lowest BCUT2D eigenvalue weighted by atomic mass is 9.94. The largest absolute Gasteiger partial charge is 0.459 e. The highest BCUT2D eigenvalue weighted by Gasteiger charge is 2.40. The van der Waals surface area contributed by atoms with E-state index in [1.807, 2.05) is 11.8 Å². The number of hydrogen-bond acceptors (Lipinski definition) is 4. The average Bonchev–Trinajstić information content (AvgIpc) is 2.98. The van der Waals surface area contributed by atoms with Crippen LogP contribution in [0.5, 0.6) is 0 Å². The minimum absolute atomic E-state index is 0.0619. The standard InChI is InChI=1S/C15H20N2OS/c1-10-5-3-6-11-9-12(18-13(10)11)14(17-16)15(2)7-4-8-19-15/h3,5-6,9,14,17H,4,7-8,16H2,1-2H3. The molecule has 1 aromatic heterocycles. The van der Waals surface area contributed by atoms with E-state index in [9.17, 15) is 0 Å². The Bertz CT molecular complexity index is 587. The Kier molecular flexibility index (Phi) is 3.33. The number of hydrazine groups is 1. The van der Waals surface area contributed by atoms with Gasteiger partial charge in [-0.25, -0.2) is 5.43 Å². The summed E-state index contributed by atoms with van der Waals surface area (Å²) in [5, 5.41) is 1.15. The van der Waals surface area contributed by atoms with Crippen molar-refractivity contribution in [3.63, 3.8) is 0 Å². The van der Waals surface area contributed by atoms with Crippen molar-refractivity contribution in [3.05, 3.63) is 35.6 Å². The molecule has 0 spiro atoms. The molecule has 2 heterocycles. The Morgan fingerprint density at radius 1 is 1.47 bits per heavy atom. The molecule has 2 atom stereocenters. The van der Waals surface area contributed by atoms with E-state index in [-0.39, 0.29) is 10.8 Å². The molecule has 1 aliphatic heterocycles. The van der Waals surface area contributed by atoms with Gasteiger partial charge in [0.25, 0.3) is 0 Å². The average molecular weight is 276 g/mol. The molecule has 3 N–H and O–H groups in total. The number of furan rings is 1. The fourth-order valence-corrected chi connectivity index (χ4v) is 4.35. The first-order chi connectivity index (χ1) is 9.14. The number of benzene rings is 1. The second-order valence-electron chi connectivity index (χ2n) is 5.51. The van der Waals surface area contributed by atoms with E-state index in [4.69, 9.17) is 10.3 Å². The van der Waals surface area contributed by atoms with Crippen molar-refractivity contribution in [1.82, 2.24) is 5.43 Å². The fourth-order valence-electron chi connectivity index (χ4n) is 2.96.